The van der Waals surface area contributed by atoms with E-state index >= 15 is 0 Å². The van der Waals surface area contributed by atoms with Crippen LogP contribution in [0.5, 0.6) is 0 Å². The highest BCUT2D eigenvalue weighted by molar-refractivity contribution is 5.88. The fourth-order valence-electron chi connectivity index (χ4n) is 3.51. The van der Waals surface area contributed by atoms with Crippen molar-refractivity contribution in [3.63, 3.8) is 0 Å². The highest BCUT2D eigenvalue weighted by atomic mass is 16.2. The normalized spacial score (nSPS) is 11.9. The lowest BCUT2D eigenvalue weighted by atomic mass is 10.0. The summed E-state index contributed by atoms with van der Waals surface area (Å²) in [6, 6.07) is 15.8. The fraction of sp³-hybridized carbons (Fsp3) is 0.462. The van der Waals surface area contributed by atoms with Crippen molar-refractivity contribution in [3.05, 3.63) is 70.8 Å². The van der Waals surface area contributed by atoms with Crippen LogP contribution in [0.15, 0.2) is 48.5 Å². The molecule has 0 spiro atoms. The van der Waals surface area contributed by atoms with E-state index in [0.29, 0.717) is 31.8 Å². The van der Waals surface area contributed by atoms with E-state index in [1.165, 1.54) is 16.7 Å². The van der Waals surface area contributed by atoms with Crippen molar-refractivity contribution in [2.24, 2.45) is 5.92 Å². The molecule has 0 aliphatic rings. The second-order valence-corrected chi connectivity index (χ2v) is 8.48. The van der Waals surface area contributed by atoms with Crippen LogP contribution >= 0.6 is 0 Å². The van der Waals surface area contributed by atoms with Crippen molar-refractivity contribution in [1.29, 1.82) is 0 Å². The Morgan fingerprint density at radius 3 is 2.27 bits per heavy atom. The highest BCUT2D eigenvalue weighted by Gasteiger charge is 2.28. The summed E-state index contributed by atoms with van der Waals surface area (Å²) in [4.78, 5) is 28.0. The minimum absolute atomic E-state index is 0.000677. The van der Waals surface area contributed by atoms with Crippen LogP contribution in [0.3, 0.4) is 0 Å². The molecule has 0 aromatic heterocycles. The van der Waals surface area contributed by atoms with E-state index in [1.807, 2.05) is 31.2 Å². The molecule has 2 rings (SSSR count). The topological polar surface area (TPSA) is 49.4 Å². The average Bonchev–Trinajstić information content (AvgIpc) is 2.72. The molecular weight excluding hydrogens is 372 g/mol. The van der Waals surface area contributed by atoms with Gasteiger partial charge >= 0.3 is 0 Å². The number of nitrogens with one attached hydrogen (secondary N) is 1. The van der Waals surface area contributed by atoms with Crippen molar-refractivity contribution in [2.45, 2.75) is 59.9 Å². The SMILES string of the molecule is CC[C@H](C(=O)NCC(C)C)N(CCc1ccccc1)C(=O)Cc1ccc(C)c(C)c1. The van der Waals surface area contributed by atoms with Gasteiger partial charge in [0.1, 0.15) is 6.04 Å². The molecular formula is C26H36N2O2. The molecule has 2 amide bonds. The third-order valence-corrected chi connectivity index (χ3v) is 5.48. The predicted octanol–water partition coefficient (Wildman–Crippen LogP) is 4.47. The van der Waals surface area contributed by atoms with E-state index in [1.54, 1.807) is 4.90 Å². The zero-order valence-electron chi connectivity index (χ0n) is 19.1. The number of amides is 2. The van der Waals surface area contributed by atoms with E-state index in [0.717, 1.165) is 12.0 Å². The van der Waals surface area contributed by atoms with Gasteiger partial charge in [-0.15, -0.1) is 0 Å². The lowest BCUT2D eigenvalue weighted by Crippen LogP contribution is -2.51. The van der Waals surface area contributed by atoms with Crippen molar-refractivity contribution in [3.8, 4) is 0 Å². The predicted molar refractivity (Wildman–Crippen MR) is 123 cm³/mol. The number of benzene rings is 2. The summed E-state index contributed by atoms with van der Waals surface area (Å²) >= 11 is 0. The molecule has 4 heteroatoms. The van der Waals surface area contributed by atoms with Crippen LogP contribution in [0.25, 0.3) is 0 Å². The lowest BCUT2D eigenvalue weighted by Gasteiger charge is -2.31. The van der Waals surface area contributed by atoms with Gasteiger partial charge in [-0.3, -0.25) is 9.59 Å². The van der Waals surface area contributed by atoms with E-state index in [-0.39, 0.29) is 11.8 Å². The summed E-state index contributed by atoms with van der Waals surface area (Å²) in [5.41, 5.74) is 4.55. The Labute approximate surface area is 181 Å². The molecule has 0 radical (unpaired) electrons. The molecule has 162 valence electrons. The molecule has 0 fully saturated rings. The van der Waals surface area contributed by atoms with Gasteiger partial charge in [0.25, 0.3) is 0 Å². The zero-order chi connectivity index (χ0) is 22.1. The molecule has 0 bridgehead atoms. The summed E-state index contributed by atoms with van der Waals surface area (Å²) in [5, 5.41) is 3.01. The summed E-state index contributed by atoms with van der Waals surface area (Å²) < 4.78 is 0. The number of carbonyl (C=O) groups excluding carboxylic acids is 2. The van der Waals surface area contributed by atoms with Gasteiger partial charge in [-0.1, -0.05) is 69.3 Å². The molecule has 2 aromatic carbocycles. The molecule has 4 nitrogen and oxygen atoms in total. The van der Waals surface area contributed by atoms with Gasteiger partial charge < -0.3 is 10.2 Å². The largest absolute Gasteiger partial charge is 0.354 e. The molecule has 30 heavy (non-hydrogen) atoms. The summed E-state index contributed by atoms with van der Waals surface area (Å²) in [6.45, 7) is 11.4. The summed E-state index contributed by atoms with van der Waals surface area (Å²) in [6.07, 6.45) is 1.63. The van der Waals surface area contributed by atoms with Crippen LogP contribution in [0.1, 0.15) is 49.4 Å². The quantitative estimate of drug-likeness (QED) is 0.631. The van der Waals surface area contributed by atoms with Gasteiger partial charge in [0.05, 0.1) is 6.42 Å². The van der Waals surface area contributed by atoms with Crippen molar-refractivity contribution in [2.75, 3.05) is 13.1 Å². The zero-order valence-corrected chi connectivity index (χ0v) is 19.1. The number of nitrogens with zero attached hydrogens (tertiary/aromatic N) is 1. The van der Waals surface area contributed by atoms with Crippen molar-refractivity contribution in [1.82, 2.24) is 10.2 Å². The van der Waals surface area contributed by atoms with E-state index in [4.69, 9.17) is 0 Å². The smallest absolute Gasteiger partial charge is 0.242 e. The van der Waals surface area contributed by atoms with Gasteiger partial charge in [-0.05, 0) is 54.9 Å². The highest BCUT2D eigenvalue weighted by Crippen LogP contribution is 2.15. The van der Waals surface area contributed by atoms with Gasteiger partial charge in [-0.25, -0.2) is 0 Å². The van der Waals surface area contributed by atoms with Crippen LogP contribution in [0, 0.1) is 19.8 Å². The number of hydrogen-bond acceptors (Lipinski definition) is 2. The van der Waals surface area contributed by atoms with Crippen molar-refractivity contribution >= 4 is 11.8 Å². The second-order valence-electron chi connectivity index (χ2n) is 8.48. The Bertz CT molecular complexity index is 830. The minimum atomic E-state index is -0.452. The molecule has 0 heterocycles. The standard InChI is InChI=1S/C26H36N2O2/c1-6-24(26(30)27-18-19(2)3)28(15-14-22-10-8-7-9-11-22)25(29)17-23-13-12-20(4)21(5)16-23/h7-13,16,19,24H,6,14-15,17-18H2,1-5H3,(H,27,30)/t24-/m1/s1. The van der Waals surface area contributed by atoms with E-state index in [2.05, 4.69) is 57.3 Å². The maximum Gasteiger partial charge on any atom is 0.242 e. The monoisotopic (exact) mass is 408 g/mol. The minimum Gasteiger partial charge on any atom is -0.354 e. The third kappa shape index (κ3) is 7.01. The first-order valence-electron chi connectivity index (χ1n) is 11.0. The first kappa shape index (κ1) is 23.7. The summed E-state index contributed by atoms with van der Waals surface area (Å²) in [7, 11) is 0. The lowest BCUT2D eigenvalue weighted by molar-refractivity contribution is -0.140. The second kappa shape index (κ2) is 11.5. The van der Waals surface area contributed by atoms with E-state index in [9.17, 15) is 9.59 Å². The Hall–Kier alpha value is -2.62. The molecule has 1 N–H and O–H groups in total. The van der Waals surface area contributed by atoms with Gasteiger partial charge in [0, 0.05) is 13.1 Å². The molecule has 2 aromatic rings. The Kier molecular flexibility index (Phi) is 9.10. The maximum atomic E-state index is 13.3. The van der Waals surface area contributed by atoms with Crippen LogP contribution in [-0.2, 0) is 22.4 Å². The van der Waals surface area contributed by atoms with Gasteiger partial charge in [-0.2, -0.15) is 0 Å². The molecule has 0 aliphatic carbocycles. The van der Waals surface area contributed by atoms with Crippen LogP contribution in [0.4, 0.5) is 0 Å². The summed E-state index contributed by atoms with van der Waals surface area (Å²) in [5.74, 6) is 0.309. The van der Waals surface area contributed by atoms with Gasteiger partial charge in [0.2, 0.25) is 11.8 Å². The Morgan fingerprint density at radius 1 is 0.967 bits per heavy atom. The fourth-order valence-corrected chi connectivity index (χ4v) is 3.51. The molecule has 0 aliphatic heterocycles. The first-order valence-corrected chi connectivity index (χ1v) is 11.0. The van der Waals surface area contributed by atoms with Crippen LogP contribution in [-0.4, -0.2) is 35.8 Å². The molecule has 1 atom stereocenters. The number of rotatable bonds is 10. The number of aryl methyl sites for hydroxylation is 2. The van der Waals surface area contributed by atoms with E-state index < -0.39 is 6.04 Å². The first-order chi connectivity index (χ1) is 14.3. The number of hydrogen-bond donors (Lipinski definition) is 1. The van der Waals surface area contributed by atoms with Gasteiger partial charge in [0.15, 0.2) is 0 Å². The van der Waals surface area contributed by atoms with Crippen molar-refractivity contribution < 1.29 is 9.59 Å². The Balaban J connectivity index is 2.20. The maximum absolute atomic E-state index is 13.3. The van der Waals surface area contributed by atoms with Crippen LogP contribution < -0.4 is 5.32 Å². The third-order valence-electron chi connectivity index (χ3n) is 5.48. The molecule has 0 saturated heterocycles. The average molecular weight is 409 g/mol. The molecule has 0 saturated carbocycles. The number of carbonyl (C=O) groups is 2. The van der Waals surface area contributed by atoms with Crippen LogP contribution in [0.2, 0.25) is 0 Å². The molecule has 0 unspecified atom stereocenters. The Morgan fingerprint density at radius 2 is 1.67 bits per heavy atom.